The molecule has 2 aliphatic rings. The van der Waals surface area contributed by atoms with Crippen molar-refractivity contribution in [2.24, 2.45) is 0 Å². The van der Waals surface area contributed by atoms with Crippen LogP contribution in [0.15, 0.2) is 27.9 Å². The van der Waals surface area contributed by atoms with Crippen LogP contribution in [0.2, 0.25) is 0 Å². The molecule has 0 radical (unpaired) electrons. The van der Waals surface area contributed by atoms with E-state index in [2.05, 4.69) is 21.4 Å². The molecule has 27 heavy (non-hydrogen) atoms. The van der Waals surface area contributed by atoms with E-state index in [-0.39, 0.29) is 5.09 Å². The number of hydrogen-bond donors (Lipinski definition) is 4. The summed E-state index contributed by atoms with van der Waals surface area (Å²) in [7, 11) is -1.78. The Hall–Kier alpha value is -2.32. The standard InChI is InChI=1S/C19H24N4O3S/c1-21-10-12-8-17(26-11-12)27(20,25)23-19(24)22-18-15-6-2-4-13(15)9-14-5-3-7-16(14)18/h8-9,11,21H,2-7,10H2,1H3,(H3,20,22,23,24,25)/t27-/m1/s1. The fourth-order valence-corrected chi connectivity index (χ4v) is 5.00. The number of benzene rings is 1. The molecule has 1 aromatic heterocycles. The van der Waals surface area contributed by atoms with E-state index in [1.54, 1.807) is 7.05 Å². The van der Waals surface area contributed by atoms with E-state index >= 15 is 0 Å². The van der Waals surface area contributed by atoms with Crippen LogP contribution in [-0.4, -0.2) is 17.3 Å². The van der Waals surface area contributed by atoms with E-state index in [9.17, 15) is 9.00 Å². The van der Waals surface area contributed by atoms with Gasteiger partial charge >= 0.3 is 6.03 Å². The van der Waals surface area contributed by atoms with Gasteiger partial charge in [-0.2, -0.15) is 0 Å². The minimum atomic E-state index is -3.56. The van der Waals surface area contributed by atoms with Crippen molar-refractivity contribution in [3.05, 3.63) is 46.2 Å². The van der Waals surface area contributed by atoms with E-state index in [4.69, 9.17) is 9.20 Å². The highest BCUT2D eigenvalue weighted by Gasteiger charge is 2.26. The molecule has 1 aromatic carbocycles. The summed E-state index contributed by atoms with van der Waals surface area (Å²) >= 11 is 0. The van der Waals surface area contributed by atoms with Crippen molar-refractivity contribution >= 4 is 21.6 Å². The molecular weight excluding hydrogens is 364 g/mol. The van der Waals surface area contributed by atoms with Crippen molar-refractivity contribution in [1.29, 1.82) is 4.78 Å². The summed E-state index contributed by atoms with van der Waals surface area (Å²) in [5, 5.41) is 5.80. The van der Waals surface area contributed by atoms with Gasteiger partial charge in [-0.1, -0.05) is 6.07 Å². The van der Waals surface area contributed by atoms with E-state index in [0.717, 1.165) is 49.8 Å². The number of furan rings is 1. The van der Waals surface area contributed by atoms with Gasteiger partial charge in [-0.25, -0.2) is 18.5 Å². The average molecular weight is 388 g/mol. The summed E-state index contributed by atoms with van der Waals surface area (Å²) < 4.78 is 28.2. The maximum atomic E-state index is 12.7. The van der Waals surface area contributed by atoms with Crippen LogP contribution in [0.1, 0.15) is 40.7 Å². The molecule has 2 amide bonds. The summed E-state index contributed by atoms with van der Waals surface area (Å²) in [5.41, 5.74) is 6.63. The van der Waals surface area contributed by atoms with Gasteiger partial charge in [-0.3, -0.25) is 0 Å². The van der Waals surface area contributed by atoms with Gasteiger partial charge in [0.25, 0.3) is 0 Å². The molecule has 4 rings (SSSR count). The molecular formula is C19H24N4O3S. The Morgan fingerprint density at radius 3 is 2.44 bits per heavy atom. The van der Waals surface area contributed by atoms with Gasteiger partial charge in [-0.15, -0.1) is 0 Å². The number of hydrogen-bond acceptors (Lipinski definition) is 5. The zero-order valence-corrected chi connectivity index (χ0v) is 16.1. The molecule has 2 aromatic rings. The number of carbonyl (C=O) groups excluding carboxylic acids is 1. The number of aryl methyl sites for hydroxylation is 2. The number of anilines is 1. The predicted molar refractivity (Wildman–Crippen MR) is 103 cm³/mol. The number of nitrogens with one attached hydrogen (secondary N) is 4. The summed E-state index contributed by atoms with van der Waals surface area (Å²) in [4.78, 5) is 12.6. The van der Waals surface area contributed by atoms with Crippen molar-refractivity contribution in [2.45, 2.75) is 50.2 Å². The largest absolute Gasteiger partial charge is 0.452 e. The zero-order valence-electron chi connectivity index (χ0n) is 15.3. The van der Waals surface area contributed by atoms with Crippen LogP contribution in [0.3, 0.4) is 0 Å². The van der Waals surface area contributed by atoms with Crippen molar-refractivity contribution in [1.82, 2.24) is 10.0 Å². The summed E-state index contributed by atoms with van der Waals surface area (Å²) in [6.07, 6.45) is 7.58. The second kappa shape index (κ2) is 7.01. The van der Waals surface area contributed by atoms with Gasteiger partial charge in [0.1, 0.15) is 0 Å². The number of urea groups is 1. The van der Waals surface area contributed by atoms with Crippen molar-refractivity contribution in [3.63, 3.8) is 0 Å². The van der Waals surface area contributed by atoms with Crippen molar-refractivity contribution in [3.8, 4) is 0 Å². The second-order valence-electron chi connectivity index (χ2n) is 7.15. The summed E-state index contributed by atoms with van der Waals surface area (Å²) in [6, 6.07) is 3.19. The first-order chi connectivity index (χ1) is 13.0. The number of carbonyl (C=O) groups is 1. The Morgan fingerprint density at radius 1 is 1.15 bits per heavy atom. The van der Waals surface area contributed by atoms with Gasteiger partial charge in [0.05, 0.1) is 6.26 Å². The number of fused-ring (bicyclic) bond motifs is 2. The summed E-state index contributed by atoms with van der Waals surface area (Å²) in [6.45, 7) is 0.535. The Balaban J connectivity index is 1.55. The van der Waals surface area contributed by atoms with Gasteiger partial charge in [-0.05, 0) is 67.8 Å². The van der Waals surface area contributed by atoms with Gasteiger partial charge < -0.3 is 15.1 Å². The first kappa shape index (κ1) is 18.1. The summed E-state index contributed by atoms with van der Waals surface area (Å²) in [5.74, 6) is 0. The van der Waals surface area contributed by atoms with Crippen LogP contribution in [0.25, 0.3) is 0 Å². The Morgan fingerprint density at radius 2 is 1.81 bits per heavy atom. The fourth-order valence-electron chi connectivity index (χ4n) is 4.09. The van der Waals surface area contributed by atoms with Crippen LogP contribution < -0.4 is 15.4 Å². The molecule has 2 aliphatic carbocycles. The van der Waals surface area contributed by atoms with Crippen LogP contribution in [0.5, 0.6) is 0 Å². The molecule has 0 aliphatic heterocycles. The molecule has 0 bridgehead atoms. The minimum Gasteiger partial charge on any atom is -0.452 e. The third kappa shape index (κ3) is 3.46. The van der Waals surface area contributed by atoms with Crippen molar-refractivity contribution < 1.29 is 13.4 Å². The lowest BCUT2D eigenvalue weighted by Gasteiger charge is -2.16. The minimum absolute atomic E-state index is 0.0496. The second-order valence-corrected chi connectivity index (χ2v) is 8.87. The number of amides is 2. The zero-order chi connectivity index (χ0) is 19.0. The average Bonchev–Trinajstić information content (AvgIpc) is 3.34. The normalized spacial score (nSPS) is 17.2. The molecule has 0 saturated heterocycles. The fraction of sp³-hybridized carbons (Fsp3) is 0.421. The first-order valence-electron chi connectivity index (χ1n) is 9.24. The molecule has 0 saturated carbocycles. The van der Waals surface area contributed by atoms with Gasteiger partial charge in [0.2, 0.25) is 5.09 Å². The molecule has 0 spiro atoms. The topological polar surface area (TPSA) is 107 Å². The predicted octanol–water partition coefficient (Wildman–Crippen LogP) is 3.12. The highest BCUT2D eigenvalue weighted by atomic mass is 32.2. The molecule has 0 unspecified atom stereocenters. The van der Waals surface area contributed by atoms with Crippen LogP contribution in [0, 0.1) is 4.78 Å². The van der Waals surface area contributed by atoms with Crippen LogP contribution in [0.4, 0.5) is 10.5 Å². The van der Waals surface area contributed by atoms with E-state index in [1.165, 1.54) is 34.6 Å². The van der Waals surface area contributed by atoms with E-state index in [0.29, 0.717) is 6.54 Å². The molecule has 1 atom stereocenters. The third-order valence-corrected chi connectivity index (χ3v) is 6.50. The maximum absolute atomic E-state index is 12.7. The molecule has 144 valence electrons. The Kier molecular flexibility index (Phi) is 4.69. The number of rotatable bonds is 5. The van der Waals surface area contributed by atoms with Crippen LogP contribution in [-0.2, 0) is 42.1 Å². The van der Waals surface area contributed by atoms with Gasteiger partial charge in [0.15, 0.2) is 9.92 Å². The lowest BCUT2D eigenvalue weighted by molar-refractivity contribution is 0.256. The molecule has 7 nitrogen and oxygen atoms in total. The lowest BCUT2D eigenvalue weighted by atomic mass is 9.99. The third-order valence-electron chi connectivity index (χ3n) is 5.24. The monoisotopic (exact) mass is 388 g/mol. The highest BCUT2D eigenvalue weighted by Crippen LogP contribution is 2.38. The van der Waals surface area contributed by atoms with Gasteiger partial charge in [0, 0.05) is 23.9 Å². The first-order valence-corrected chi connectivity index (χ1v) is 10.8. The van der Waals surface area contributed by atoms with E-state index in [1.807, 2.05) is 0 Å². The molecule has 0 fully saturated rings. The SMILES string of the molecule is CNCc1coc([S@](=N)(=O)NC(=O)Nc2c3c(cc4c2CCC4)CCC3)c1. The smallest absolute Gasteiger partial charge is 0.332 e. The van der Waals surface area contributed by atoms with Crippen molar-refractivity contribution in [2.75, 3.05) is 12.4 Å². The van der Waals surface area contributed by atoms with Crippen LogP contribution >= 0.6 is 0 Å². The highest BCUT2D eigenvalue weighted by molar-refractivity contribution is 7.91. The quantitative estimate of drug-likeness (QED) is 0.631. The lowest BCUT2D eigenvalue weighted by Crippen LogP contribution is -2.34. The Bertz CT molecular complexity index is 962. The Labute approximate surface area is 159 Å². The van der Waals surface area contributed by atoms with E-state index < -0.39 is 15.9 Å². The maximum Gasteiger partial charge on any atom is 0.332 e. The molecule has 8 heteroatoms. The molecule has 4 N–H and O–H groups in total. The molecule has 1 heterocycles.